The molecule has 1 aromatic carbocycles. The second kappa shape index (κ2) is 6.15. The Bertz CT molecular complexity index is 419. The van der Waals surface area contributed by atoms with Crippen LogP contribution < -0.4 is 0 Å². The minimum Gasteiger partial charge on any atom is -0.387 e. The van der Waals surface area contributed by atoms with Crippen LogP contribution in [0.1, 0.15) is 17.2 Å². The van der Waals surface area contributed by atoms with Crippen LogP contribution in [0.3, 0.4) is 0 Å². The highest BCUT2D eigenvalue weighted by Gasteiger charge is 2.31. The van der Waals surface area contributed by atoms with Crippen LogP contribution in [-0.4, -0.2) is 41.1 Å². The van der Waals surface area contributed by atoms with Crippen LogP contribution in [0.4, 0.5) is 13.2 Å². The normalized spacial score (nSPS) is 19.4. The topological polar surface area (TPSA) is 23.5 Å². The van der Waals surface area contributed by atoms with Crippen LogP contribution in [0, 0.1) is 0 Å². The highest BCUT2D eigenvalue weighted by atomic mass is 32.2. The van der Waals surface area contributed by atoms with Gasteiger partial charge in [-0.15, -0.1) is 0 Å². The molecule has 1 aromatic rings. The van der Waals surface area contributed by atoms with E-state index in [1.54, 1.807) is 6.07 Å². The Hall–Kier alpha value is -0.720. The number of halogens is 3. The standard InChI is InChI=1S/C13H16F3NOS/c14-13(15,16)11-3-1-2-10(8-11)12(18)9-17-4-6-19-7-5-17/h1-3,8,12,18H,4-7,9H2. The van der Waals surface area contributed by atoms with Crippen molar-refractivity contribution in [3.05, 3.63) is 35.4 Å². The molecule has 0 aliphatic carbocycles. The average molecular weight is 291 g/mol. The number of aliphatic hydroxyl groups excluding tert-OH is 1. The van der Waals surface area contributed by atoms with Crippen molar-refractivity contribution in [3.63, 3.8) is 0 Å². The first-order valence-corrected chi connectivity index (χ1v) is 7.27. The van der Waals surface area contributed by atoms with Crippen LogP contribution in [-0.2, 0) is 6.18 Å². The van der Waals surface area contributed by atoms with Gasteiger partial charge in [-0.3, -0.25) is 4.90 Å². The monoisotopic (exact) mass is 291 g/mol. The van der Waals surface area contributed by atoms with Crippen LogP contribution >= 0.6 is 11.8 Å². The van der Waals surface area contributed by atoms with Crippen molar-refractivity contribution < 1.29 is 18.3 Å². The molecule has 6 heteroatoms. The second-order valence-corrected chi connectivity index (χ2v) is 5.78. The lowest BCUT2D eigenvalue weighted by Gasteiger charge is -2.28. The number of nitrogens with zero attached hydrogens (tertiary/aromatic N) is 1. The number of aliphatic hydroxyl groups is 1. The van der Waals surface area contributed by atoms with Gasteiger partial charge in [0.25, 0.3) is 0 Å². The number of benzene rings is 1. The van der Waals surface area contributed by atoms with Gasteiger partial charge < -0.3 is 5.11 Å². The number of hydrogen-bond acceptors (Lipinski definition) is 3. The molecule has 0 aromatic heterocycles. The van der Waals surface area contributed by atoms with Crippen molar-refractivity contribution in [2.45, 2.75) is 12.3 Å². The van der Waals surface area contributed by atoms with Gasteiger partial charge >= 0.3 is 6.18 Å². The van der Waals surface area contributed by atoms with E-state index in [4.69, 9.17) is 0 Å². The third-order valence-electron chi connectivity index (χ3n) is 3.13. The summed E-state index contributed by atoms with van der Waals surface area (Å²) in [6.45, 7) is 2.14. The van der Waals surface area contributed by atoms with Gasteiger partial charge in [0.1, 0.15) is 0 Å². The lowest BCUT2D eigenvalue weighted by atomic mass is 10.1. The molecule has 1 fully saturated rings. The summed E-state index contributed by atoms with van der Waals surface area (Å²) in [7, 11) is 0. The van der Waals surface area contributed by atoms with E-state index < -0.39 is 17.8 Å². The van der Waals surface area contributed by atoms with E-state index in [1.807, 2.05) is 11.8 Å². The molecule has 2 nitrogen and oxygen atoms in total. The van der Waals surface area contributed by atoms with E-state index >= 15 is 0 Å². The maximum atomic E-state index is 12.6. The van der Waals surface area contributed by atoms with Gasteiger partial charge in [-0.1, -0.05) is 12.1 Å². The van der Waals surface area contributed by atoms with E-state index in [1.165, 1.54) is 6.07 Å². The molecular weight excluding hydrogens is 275 g/mol. The van der Waals surface area contributed by atoms with Crippen molar-refractivity contribution in [1.29, 1.82) is 0 Å². The largest absolute Gasteiger partial charge is 0.416 e. The summed E-state index contributed by atoms with van der Waals surface area (Å²) in [5.41, 5.74) is -0.383. The molecule has 1 aliphatic heterocycles. The first-order valence-electron chi connectivity index (χ1n) is 6.12. The van der Waals surface area contributed by atoms with Crippen LogP contribution in [0.2, 0.25) is 0 Å². The molecule has 19 heavy (non-hydrogen) atoms. The zero-order chi connectivity index (χ0) is 13.9. The van der Waals surface area contributed by atoms with E-state index in [0.717, 1.165) is 36.7 Å². The number of hydrogen-bond donors (Lipinski definition) is 1. The molecule has 1 saturated heterocycles. The Morgan fingerprint density at radius 3 is 2.58 bits per heavy atom. The molecule has 2 rings (SSSR count). The molecule has 1 atom stereocenters. The number of thioether (sulfide) groups is 1. The SMILES string of the molecule is OC(CN1CCSCC1)c1cccc(C(F)(F)F)c1. The molecule has 106 valence electrons. The summed E-state index contributed by atoms with van der Waals surface area (Å²) in [6, 6.07) is 4.93. The Morgan fingerprint density at radius 1 is 1.26 bits per heavy atom. The lowest BCUT2D eigenvalue weighted by Crippen LogP contribution is -2.35. The maximum Gasteiger partial charge on any atom is 0.416 e. The van der Waals surface area contributed by atoms with Gasteiger partial charge in [-0.25, -0.2) is 0 Å². The summed E-state index contributed by atoms with van der Waals surface area (Å²) >= 11 is 1.86. The number of β-amino-alcohol motifs (C(OH)–C–C–N with tert-alkyl or cyclic N) is 1. The third-order valence-corrected chi connectivity index (χ3v) is 4.08. The summed E-state index contributed by atoms with van der Waals surface area (Å²) in [5.74, 6) is 2.02. The summed E-state index contributed by atoms with van der Waals surface area (Å²) in [5, 5.41) is 10.0. The summed E-state index contributed by atoms with van der Waals surface area (Å²) < 4.78 is 37.8. The zero-order valence-corrected chi connectivity index (χ0v) is 11.2. The van der Waals surface area contributed by atoms with Gasteiger partial charge in [0, 0.05) is 31.1 Å². The fourth-order valence-corrected chi connectivity index (χ4v) is 3.03. The number of rotatable bonds is 3. The minimum atomic E-state index is -4.36. The lowest BCUT2D eigenvalue weighted by molar-refractivity contribution is -0.137. The zero-order valence-electron chi connectivity index (χ0n) is 10.4. The summed E-state index contributed by atoms with van der Waals surface area (Å²) in [6.07, 6.45) is -5.23. The van der Waals surface area contributed by atoms with E-state index in [2.05, 4.69) is 4.90 Å². The molecule has 1 aliphatic rings. The van der Waals surface area contributed by atoms with E-state index in [0.29, 0.717) is 12.1 Å². The quantitative estimate of drug-likeness (QED) is 0.926. The molecular formula is C13H16F3NOS. The van der Waals surface area contributed by atoms with Crippen molar-refractivity contribution in [3.8, 4) is 0 Å². The molecule has 0 amide bonds. The highest BCUT2D eigenvalue weighted by Crippen LogP contribution is 2.31. The molecule has 0 spiro atoms. The first-order chi connectivity index (χ1) is 8.97. The molecule has 0 bridgehead atoms. The van der Waals surface area contributed by atoms with Crippen LogP contribution in [0.25, 0.3) is 0 Å². The van der Waals surface area contributed by atoms with Gasteiger partial charge in [-0.05, 0) is 17.7 Å². The van der Waals surface area contributed by atoms with Gasteiger partial charge in [0.05, 0.1) is 11.7 Å². The molecule has 1 unspecified atom stereocenters. The fraction of sp³-hybridized carbons (Fsp3) is 0.538. The maximum absolute atomic E-state index is 12.6. The van der Waals surface area contributed by atoms with Gasteiger partial charge in [0.2, 0.25) is 0 Å². The Balaban J connectivity index is 2.04. The van der Waals surface area contributed by atoms with E-state index in [-0.39, 0.29) is 0 Å². The highest BCUT2D eigenvalue weighted by molar-refractivity contribution is 7.99. The van der Waals surface area contributed by atoms with Crippen molar-refractivity contribution in [1.82, 2.24) is 4.90 Å². The van der Waals surface area contributed by atoms with Crippen LogP contribution in [0.15, 0.2) is 24.3 Å². The first kappa shape index (κ1) is 14.7. The Labute approximate surface area is 114 Å². The average Bonchev–Trinajstić information content (AvgIpc) is 2.39. The fourth-order valence-electron chi connectivity index (χ4n) is 2.06. The molecule has 1 N–H and O–H groups in total. The Morgan fingerprint density at radius 2 is 1.95 bits per heavy atom. The summed E-state index contributed by atoms with van der Waals surface area (Å²) in [4.78, 5) is 2.08. The van der Waals surface area contributed by atoms with E-state index in [9.17, 15) is 18.3 Å². The molecule has 0 radical (unpaired) electrons. The van der Waals surface area contributed by atoms with Crippen molar-refractivity contribution in [2.75, 3.05) is 31.1 Å². The molecule has 0 saturated carbocycles. The predicted molar refractivity (Wildman–Crippen MR) is 70.2 cm³/mol. The van der Waals surface area contributed by atoms with Gasteiger partial charge in [0.15, 0.2) is 0 Å². The van der Waals surface area contributed by atoms with Crippen molar-refractivity contribution in [2.24, 2.45) is 0 Å². The minimum absolute atomic E-state index is 0.327. The predicted octanol–water partition coefficient (Wildman–Crippen LogP) is 2.79. The molecule has 1 heterocycles. The van der Waals surface area contributed by atoms with Crippen LogP contribution in [0.5, 0.6) is 0 Å². The van der Waals surface area contributed by atoms with Gasteiger partial charge in [-0.2, -0.15) is 24.9 Å². The third kappa shape index (κ3) is 4.12. The van der Waals surface area contributed by atoms with Crippen molar-refractivity contribution >= 4 is 11.8 Å². The second-order valence-electron chi connectivity index (χ2n) is 4.55. The smallest absolute Gasteiger partial charge is 0.387 e. The Kier molecular flexibility index (Phi) is 4.76. The number of alkyl halides is 3.